The van der Waals surface area contributed by atoms with Crippen LogP contribution in [0.1, 0.15) is 41.3 Å². The Morgan fingerprint density at radius 2 is 1.64 bits per heavy atom. The third kappa shape index (κ3) is 5.60. The molecule has 0 amide bonds. The van der Waals surface area contributed by atoms with Gasteiger partial charge in [-0.15, -0.1) is 0 Å². The fraction of sp³-hybridized carbons (Fsp3) is 0.238. The second-order valence-electron chi connectivity index (χ2n) is 5.91. The van der Waals surface area contributed by atoms with Gasteiger partial charge < -0.3 is 9.47 Å². The van der Waals surface area contributed by atoms with E-state index in [0.29, 0.717) is 11.5 Å². The number of methoxy groups -OCH3 is 1. The minimum absolute atomic E-state index is 0.221. The van der Waals surface area contributed by atoms with E-state index >= 15 is 0 Å². The molecular formula is C21H22O4. The summed E-state index contributed by atoms with van der Waals surface area (Å²) in [5, 5.41) is 0. The van der Waals surface area contributed by atoms with Crippen LogP contribution < -0.4 is 4.74 Å². The Bertz CT molecular complexity index is 740. The highest BCUT2D eigenvalue weighted by atomic mass is 16.5. The normalized spacial score (nSPS) is 10.9. The van der Waals surface area contributed by atoms with E-state index in [-0.39, 0.29) is 12.4 Å². The number of carbonyl (C=O) groups is 2. The second kappa shape index (κ2) is 8.83. The highest BCUT2D eigenvalue weighted by Gasteiger charge is 2.09. The Kier molecular flexibility index (Phi) is 6.52. The Morgan fingerprint density at radius 3 is 2.20 bits per heavy atom. The van der Waals surface area contributed by atoms with Gasteiger partial charge in [0.1, 0.15) is 5.75 Å². The first-order chi connectivity index (χ1) is 12.0. The summed E-state index contributed by atoms with van der Waals surface area (Å²) < 4.78 is 10.1. The predicted octanol–water partition coefficient (Wildman–Crippen LogP) is 4.26. The molecule has 0 bridgehead atoms. The van der Waals surface area contributed by atoms with E-state index in [1.54, 1.807) is 37.5 Å². The number of hydrogen-bond donors (Lipinski definition) is 0. The van der Waals surface area contributed by atoms with Crippen LogP contribution in [0.4, 0.5) is 0 Å². The molecule has 0 unspecified atom stereocenters. The minimum atomic E-state index is -0.553. The molecular weight excluding hydrogens is 316 g/mol. The van der Waals surface area contributed by atoms with Gasteiger partial charge in [0.15, 0.2) is 12.4 Å². The number of carbonyl (C=O) groups excluding carboxylic acids is 2. The summed E-state index contributed by atoms with van der Waals surface area (Å²) >= 11 is 0. The maximum atomic E-state index is 12.1. The molecule has 0 fully saturated rings. The van der Waals surface area contributed by atoms with Crippen LogP contribution in [0.15, 0.2) is 54.6 Å². The van der Waals surface area contributed by atoms with Gasteiger partial charge in [-0.3, -0.25) is 4.79 Å². The highest BCUT2D eigenvalue weighted by molar-refractivity contribution is 5.98. The zero-order valence-corrected chi connectivity index (χ0v) is 14.7. The van der Waals surface area contributed by atoms with Crippen LogP contribution in [0.5, 0.6) is 5.75 Å². The van der Waals surface area contributed by atoms with Gasteiger partial charge in [-0.05, 0) is 35.3 Å². The summed E-state index contributed by atoms with van der Waals surface area (Å²) in [5.74, 6) is 0.378. The van der Waals surface area contributed by atoms with Gasteiger partial charge in [0.05, 0.1) is 7.11 Å². The van der Waals surface area contributed by atoms with E-state index in [1.807, 2.05) is 24.3 Å². The van der Waals surface area contributed by atoms with Crippen molar-refractivity contribution < 1.29 is 19.1 Å². The molecule has 0 saturated carbocycles. The molecule has 0 radical (unpaired) electrons. The maximum absolute atomic E-state index is 12.1. The number of ether oxygens (including phenoxy) is 2. The Hall–Kier alpha value is -2.88. The summed E-state index contributed by atoms with van der Waals surface area (Å²) in [5.41, 5.74) is 2.54. The van der Waals surface area contributed by atoms with Crippen molar-refractivity contribution in [1.82, 2.24) is 0 Å². The van der Waals surface area contributed by atoms with Crippen LogP contribution in [0.2, 0.25) is 0 Å². The number of ketones is 1. The van der Waals surface area contributed by atoms with Crippen LogP contribution in [-0.2, 0) is 9.53 Å². The van der Waals surface area contributed by atoms with Crippen molar-refractivity contribution in [2.24, 2.45) is 0 Å². The smallest absolute Gasteiger partial charge is 0.331 e. The van der Waals surface area contributed by atoms with E-state index in [1.165, 1.54) is 6.08 Å². The lowest BCUT2D eigenvalue weighted by Crippen LogP contribution is -2.12. The van der Waals surface area contributed by atoms with Crippen LogP contribution in [-0.4, -0.2) is 25.5 Å². The lowest BCUT2D eigenvalue weighted by Gasteiger charge is -2.06. The summed E-state index contributed by atoms with van der Waals surface area (Å²) in [7, 11) is 1.59. The van der Waals surface area contributed by atoms with Crippen molar-refractivity contribution in [3.8, 4) is 5.75 Å². The van der Waals surface area contributed by atoms with Crippen LogP contribution >= 0.6 is 0 Å². The Morgan fingerprint density at radius 1 is 1.00 bits per heavy atom. The first kappa shape index (κ1) is 18.5. The molecule has 0 heterocycles. The third-order valence-electron chi connectivity index (χ3n) is 3.77. The molecule has 0 aliphatic carbocycles. The van der Waals surface area contributed by atoms with Crippen LogP contribution in [0.25, 0.3) is 6.08 Å². The summed E-state index contributed by atoms with van der Waals surface area (Å²) in [6.07, 6.45) is 2.93. The fourth-order valence-electron chi connectivity index (χ4n) is 2.20. The van der Waals surface area contributed by atoms with E-state index in [4.69, 9.17) is 9.47 Å². The monoisotopic (exact) mass is 338 g/mol. The number of Topliss-reactive ketones (excluding diaryl/α,β-unsaturated/α-hetero) is 1. The summed E-state index contributed by atoms with van der Waals surface area (Å²) in [6.45, 7) is 3.91. The topological polar surface area (TPSA) is 52.6 Å². The van der Waals surface area contributed by atoms with Crippen molar-refractivity contribution in [3.05, 3.63) is 71.3 Å². The van der Waals surface area contributed by atoms with Gasteiger partial charge in [0, 0.05) is 11.6 Å². The standard InChI is InChI=1S/C21H22O4/c1-15(2)17-7-9-18(10-8-17)20(22)14-25-21(23)13-6-16-4-11-19(24-3)12-5-16/h4-13,15H,14H2,1-3H3/b13-6+. The SMILES string of the molecule is COc1ccc(/C=C/C(=O)OCC(=O)c2ccc(C(C)C)cc2)cc1. The van der Waals surface area contributed by atoms with Crippen molar-refractivity contribution in [3.63, 3.8) is 0 Å². The molecule has 0 N–H and O–H groups in total. The summed E-state index contributed by atoms with van der Waals surface area (Å²) in [6, 6.07) is 14.6. The van der Waals surface area contributed by atoms with Gasteiger partial charge in [-0.25, -0.2) is 4.79 Å². The first-order valence-corrected chi connectivity index (χ1v) is 8.11. The van der Waals surface area contributed by atoms with E-state index in [9.17, 15) is 9.59 Å². The Labute approximate surface area is 148 Å². The molecule has 0 saturated heterocycles. The van der Waals surface area contributed by atoms with Gasteiger partial charge >= 0.3 is 5.97 Å². The molecule has 0 aromatic heterocycles. The quantitative estimate of drug-likeness (QED) is 0.430. The molecule has 0 aliphatic heterocycles. The number of benzene rings is 2. The van der Waals surface area contributed by atoms with E-state index in [0.717, 1.165) is 16.9 Å². The number of rotatable bonds is 7. The molecule has 2 rings (SSSR count). The molecule has 4 heteroatoms. The molecule has 4 nitrogen and oxygen atoms in total. The maximum Gasteiger partial charge on any atom is 0.331 e. The zero-order valence-electron chi connectivity index (χ0n) is 14.7. The summed E-state index contributed by atoms with van der Waals surface area (Å²) in [4.78, 5) is 23.8. The molecule has 25 heavy (non-hydrogen) atoms. The number of hydrogen-bond acceptors (Lipinski definition) is 4. The molecule has 0 aliphatic rings. The van der Waals surface area contributed by atoms with Gasteiger partial charge in [-0.2, -0.15) is 0 Å². The highest BCUT2D eigenvalue weighted by Crippen LogP contribution is 2.15. The average molecular weight is 338 g/mol. The van der Waals surface area contributed by atoms with Gasteiger partial charge in [0.2, 0.25) is 0 Å². The van der Waals surface area contributed by atoms with Crippen molar-refractivity contribution in [1.29, 1.82) is 0 Å². The van der Waals surface area contributed by atoms with Crippen LogP contribution in [0, 0.1) is 0 Å². The Balaban J connectivity index is 1.85. The van der Waals surface area contributed by atoms with Crippen LogP contribution in [0.3, 0.4) is 0 Å². The third-order valence-corrected chi connectivity index (χ3v) is 3.77. The first-order valence-electron chi connectivity index (χ1n) is 8.11. The molecule has 0 spiro atoms. The predicted molar refractivity (Wildman–Crippen MR) is 97.8 cm³/mol. The second-order valence-corrected chi connectivity index (χ2v) is 5.91. The molecule has 2 aromatic carbocycles. The minimum Gasteiger partial charge on any atom is -0.497 e. The number of esters is 1. The van der Waals surface area contributed by atoms with Crippen molar-refractivity contribution in [2.45, 2.75) is 19.8 Å². The van der Waals surface area contributed by atoms with Gasteiger partial charge in [-0.1, -0.05) is 50.2 Å². The van der Waals surface area contributed by atoms with E-state index < -0.39 is 5.97 Å². The zero-order chi connectivity index (χ0) is 18.2. The van der Waals surface area contributed by atoms with E-state index in [2.05, 4.69) is 13.8 Å². The lowest BCUT2D eigenvalue weighted by atomic mass is 10.0. The fourth-order valence-corrected chi connectivity index (χ4v) is 2.20. The average Bonchev–Trinajstić information content (AvgIpc) is 2.64. The van der Waals surface area contributed by atoms with Crippen molar-refractivity contribution in [2.75, 3.05) is 13.7 Å². The molecule has 2 aromatic rings. The molecule has 0 atom stereocenters. The lowest BCUT2D eigenvalue weighted by molar-refractivity contribution is -0.136. The van der Waals surface area contributed by atoms with Crippen molar-refractivity contribution >= 4 is 17.8 Å². The molecule has 130 valence electrons. The van der Waals surface area contributed by atoms with Gasteiger partial charge in [0.25, 0.3) is 0 Å². The largest absolute Gasteiger partial charge is 0.497 e.